The van der Waals surface area contributed by atoms with Crippen molar-refractivity contribution >= 4 is 57.2 Å². The lowest BCUT2D eigenvalue weighted by molar-refractivity contribution is -0.256. The van der Waals surface area contributed by atoms with E-state index in [4.69, 9.17) is 28.4 Å². The number of hydrazine groups is 1. The number of phenols is 2. The van der Waals surface area contributed by atoms with Gasteiger partial charge in [-0.25, -0.2) is 10.2 Å². The molecule has 336 valence electrons. The first-order valence-corrected chi connectivity index (χ1v) is 22.3. The van der Waals surface area contributed by atoms with Crippen LogP contribution < -0.4 is 20.9 Å². The maximum atomic E-state index is 14.2. The van der Waals surface area contributed by atoms with Crippen LogP contribution in [0.3, 0.4) is 0 Å². The first-order chi connectivity index (χ1) is 29.6. The number of carboxylic acids is 1. The van der Waals surface area contributed by atoms with Gasteiger partial charge in [-0.3, -0.25) is 29.5 Å². The van der Waals surface area contributed by atoms with Gasteiger partial charge in [0, 0.05) is 80.5 Å². The number of aliphatic hydroxyl groups is 1. The third kappa shape index (κ3) is 8.64. The number of nitrogens with one attached hydrogen (secondary N) is 3. The standard InChI is InChI=1S/C40H48N4O16S2/c1-17-36-22(44-9-10-57-39(56-4)37(44)60-36)12-27(58-17)59-24-14-40(54,25(15-45)42-43-26(47)8-11-61-62-16-21(38(52)53)41-18(2)46)13-20-29(24)35(51)31-30(33(20)49)32(48)19-6-5-7-23(55-3)28(19)34(31)50/h5-7,15,17,21-22,24-25,27,36-37,39,42,49,51,54H,8-14,16H2,1-4H3,(H,41,46)(H,43,47)(H,52,53)/t17-,21-,22-,24-,25?,27-,36+,37+,39-,40-/m0/s1. The predicted molar refractivity (Wildman–Crippen MR) is 217 cm³/mol. The van der Waals surface area contributed by atoms with Crippen molar-refractivity contribution in [3.05, 3.63) is 51.6 Å². The number of aliphatic carboxylic acids is 1. The number of methoxy groups -OCH3 is 2. The van der Waals surface area contributed by atoms with Crippen LogP contribution in [0.1, 0.15) is 82.2 Å². The van der Waals surface area contributed by atoms with E-state index in [1.165, 1.54) is 50.1 Å². The fraction of sp³-hybridized carbons (Fsp3) is 0.550. The molecule has 0 saturated carbocycles. The van der Waals surface area contributed by atoms with Crippen molar-refractivity contribution in [2.24, 2.45) is 0 Å². The van der Waals surface area contributed by atoms with Crippen molar-refractivity contribution in [1.82, 2.24) is 21.1 Å². The quantitative estimate of drug-likeness (QED) is 0.0343. The summed E-state index contributed by atoms with van der Waals surface area (Å²) in [4.78, 5) is 78.7. The van der Waals surface area contributed by atoms with E-state index in [9.17, 15) is 49.2 Å². The minimum atomic E-state index is -2.16. The van der Waals surface area contributed by atoms with Crippen LogP contribution in [0.15, 0.2) is 18.2 Å². The molecule has 2 aliphatic carbocycles. The second-order valence-electron chi connectivity index (χ2n) is 15.5. The SMILES string of the molecule is COc1cccc2c1C(=O)c1c(O)c3c(c(O)c1C2=O)C[C@@](O)(C(C=O)NNC(=O)CCSSC[C@H](NC(C)=O)C(=O)O)C[C@@H]3O[C@H]1C[C@H]2[C@H](O[C@@H]3[C@@H](OC)OCCN32)[C@H](C)O1. The third-order valence-corrected chi connectivity index (χ3v) is 14.1. The summed E-state index contributed by atoms with van der Waals surface area (Å²) in [6.07, 6.45) is -4.97. The van der Waals surface area contributed by atoms with Crippen molar-refractivity contribution in [3.8, 4) is 17.2 Å². The zero-order valence-corrected chi connectivity index (χ0v) is 35.7. The number of benzene rings is 2. The molecule has 20 nitrogen and oxygen atoms in total. The van der Waals surface area contributed by atoms with Gasteiger partial charge in [-0.2, -0.15) is 0 Å². The molecule has 10 atom stereocenters. The molecule has 7 N–H and O–H groups in total. The number of carbonyl (C=O) groups is 6. The Kier molecular flexibility index (Phi) is 13.8. The average Bonchev–Trinajstić information content (AvgIpc) is 3.62. The van der Waals surface area contributed by atoms with E-state index < -0.39 is 120 Å². The Morgan fingerprint density at radius 3 is 2.53 bits per heavy atom. The lowest BCUT2D eigenvalue weighted by Crippen LogP contribution is -2.60. The summed E-state index contributed by atoms with van der Waals surface area (Å²) in [6.45, 7) is 3.92. The van der Waals surface area contributed by atoms with Crippen molar-refractivity contribution in [3.63, 3.8) is 0 Å². The second kappa shape index (κ2) is 18.8. The molecule has 3 heterocycles. The molecule has 22 heteroatoms. The lowest BCUT2D eigenvalue weighted by Gasteiger charge is -2.45. The van der Waals surface area contributed by atoms with Gasteiger partial charge in [0.1, 0.15) is 41.7 Å². The van der Waals surface area contributed by atoms with Crippen LogP contribution in [-0.4, -0.2) is 155 Å². The maximum Gasteiger partial charge on any atom is 0.327 e. The lowest BCUT2D eigenvalue weighted by atomic mass is 9.71. The normalized spacial score (nSPS) is 28.6. The Labute approximate surface area is 363 Å². The molecule has 2 amide bonds. The van der Waals surface area contributed by atoms with Crippen molar-refractivity contribution < 1.29 is 77.6 Å². The van der Waals surface area contributed by atoms with Crippen LogP contribution in [0.25, 0.3) is 0 Å². The number of hydrogen-bond acceptors (Lipinski definition) is 19. The number of carbonyl (C=O) groups excluding carboxylic acids is 5. The highest BCUT2D eigenvalue weighted by atomic mass is 33.1. The minimum Gasteiger partial charge on any atom is -0.507 e. The molecular weight excluding hydrogens is 857 g/mol. The molecular formula is C40H48N4O16S2. The number of hydrogen-bond donors (Lipinski definition) is 7. The molecule has 1 unspecified atom stereocenters. The Hall–Kier alpha value is -4.36. The number of amides is 2. The molecule has 3 aliphatic heterocycles. The summed E-state index contributed by atoms with van der Waals surface area (Å²) in [5.74, 6) is -4.90. The van der Waals surface area contributed by atoms with E-state index in [-0.39, 0.29) is 58.4 Å². The van der Waals surface area contributed by atoms with Gasteiger partial charge < -0.3 is 59.0 Å². The van der Waals surface area contributed by atoms with Gasteiger partial charge in [0.05, 0.1) is 48.2 Å². The van der Waals surface area contributed by atoms with E-state index in [1.54, 1.807) is 6.92 Å². The molecule has 62 heavy (non-hydrogen) atoms. The van der Waals surface area contributed by atoms with Crippen molar-refractivity contribution in [1.29, 1.82) is 0 Å². The molecule has 0 spiro atoms. The molecule has 2 aromatic carbocycles. The number of rotatable bonds is 16. The van der Waals surface area contributed by atoms with E-state index in [0.29, 0.717) is 19.4 Å². The Bertz CT molecular complexity index is 2130. The Balaban J connectivity index is 1.15. The fourth-order valence-corrected chi connectivity index (χ4v) is 11.0. The zero-order chi connectivity index (χ0) is 44.6. The summed E-state index contributed by atoms with van der Waals surface area (Å²) in [5, 5.41) is 48.1. The van der Waals surface area contributed by atoms with Crippen LogP contribution in [0.4, 0.5) is 0 Å². The van der Waals surface area contributed by atoms with Gasteiger partial charge in [-0.05, 0) is 13.0 Å². The van der Waals surface area contributed by atoms with Gasteiger partial charge in [0.2, 0.25) is 17.6 Å². The number of aromatic hydroxyl groups is 2. The minimum absolute atomic E-state index is 0.0400. The van der Waals surface area contributed by atoms with Crippen LogP contribution >= 0.6 is 21.6 Å². The van der Waals surface area contributed by atoms with Gasteiger partial charge in [0.25, 0.3) is 0 Å². The Morgan fingerprint density at radius 1 is 1.08 bits per heavy atom. The zero-order valence-electron chi connectivity index (χ0n) is 34.1. The van der Waals surface area contributed by atoms with E-state index in [1.807, 2.05) is 0 Å². The molecule has 2 aromatic rings. The summed E-state index contributed by atoms with van der Waals surface area (Å²) in [5.41, 5.74) is 1.41. The summed E-state index contributed by atoms with van der Waals surface area (Å²) in [7, 11) is 5.17. The van der Waals surface area contributed by atoms with Crippen LogP contribution in [0.2, 0.25) is 0 Å². The van der Waals surface area contributed by atoms with Gasteiger partial charge in [-0.15, -0.1) is 0 Å². The molecule has 3 saturated heterocycles. The maximum absolute atomic E-state index is 14.2. The van der Waals surface area contributed by atoms with Gasteiger partial charge in [0.15, 0.2) is 24.6 Å². The van der Waals surface area contributed by atoms with E-state index in [2.05, 4.69) is 21.1 Å². The highest BCUT2D eigenvalue weighted by Crippen LogP contribution is 2.53. The fourth-order valence-electron chi connectivity index (χ4n) is 8.84. The van der Waals surface area contributed by atoms with Crippen LogP contribution in [0.5, 0.6) is 17.2 Å². The molecule has 3 fully saturated rings. The monoisotopic (exact) mass is 904 g/mol. The molecule has 0 aromatic heterocycles. The Morgan fingerprint density at radius 2 is 1.84 bits per heavy atom. The summed E-state index contributed by atoms with van der Waals surface area (Å²) < 4.78 is 35.9. The number of nitrogens with zero attached hydrogens (tertiary/aromatic N) is 1. The van der Waals surface area contributed by atoms with Gasteiger partial charge >= 0.3 is 5.97 Å². The number of ether oxygens (including phenoxy) is 6. The number of phenolic OH excluding ortho intramolecular Hbond substituents is 2. The average molecular weight is 905 g/mol. The summed E-state index contributed by atoms with van der Waals surface area (Å²) >= 11 is 0. The molecule has 0 bridgehead atoms. The molecule has 5 aliphatic rings. The predicted octanol–water partition coefficient (Wildman–Crippen LogP) is 0.699. The number of aldehydes is 1. The highest BCUT2D eigenvalue weighted by Gasteiger charge is 2.55. The largest absolute Gasteiger partial charge is 0.507 e. The van der Waals surface area contributed by atoms with E-state index >= 15 is 0 Å². The first kappa shape index (κ1) is 45.7. The van der Waals surface area contributed by atoms with Gasteiger partial charge in [-0.1, -0.05) is 33.7 Å². The van der Waals surface area contributed by atoms with Crippen molar-refractivity contribution in [2.75, 3.05) is 38.9 Å². The van der Waals surface area contributed by atoms with Crippen LogP contribution in [-0.2, 0) is 49.3 Å². The third-order valence-electron chi connectivity index (χ3n) is 11.7. The number of carboxylic acid groups (broad SMARTS) is 1. The van der Waals surface area contributed by atoms with Crippen molar-refractivity contribution in [2.45, 2.75) is 100 Å². The number of morpholine rings is 1. The van der Waals surface area contributed by atoms with Crippen LogP contribution in [0, 0.1) is 0 Å². The smallest absolute Gasteiger partial charge is 0.327 e. The number of ketones is 2. The highest BCUT2D eigenvalue weighted by molar-refractivity contribution is 8.76. The second-order valence-corrected chi connectivity index (χ2v) is 18.1. The topological polar surface area (TPSA) is 278 Å². The molecule has 0 radical (unpaired) electrons. The number of fused-ring (bicyclic) bond motifs is 6. The summed E-state index contributed by atoms with van der Waals surface area (Å²) in [6, 6.07) is 1.47. The molecule has 7 rings (SSSR count). The first-order valence-electron chi connectivity index (χ1n) is 19.8. The van der Waals surface area contributed by atoms with E-state index in [0.717, 1.165) is 10.8 Å².